The van der Waals surface area contributed by atoms with Gasteiger partial charge in [0, 0.05) is 4.88 Å². The Kier molecular flexibility index (Phi) is 4.76. The van der Waals surface area contributed by atoms with Crippen LogP contribution in [0.15, 0.2) is 6.07 Å². The van der Waals surface area contributed by atoms with Gasteiger partial charge in [-0.15, -0.1) is 23.7 Å². The zero-order chi connectivity index (χ0) is 9.14. The molecule has 4 nitrogen and oxygen atoms in total. The molecular formula is C7H11ClN2O2S. The van der Waals surface area contributed by atoms with Gasteiger partial charge in [-0.1, -0.05) is 0 Å². The van der Waals surface area contributed by atoms with Crippen molar-refractivity contribution in [1.82, 2.24) is 5.43 Å². The number of thiophene rings is 1. The minimum absolute atomic E-state index is 0. The molecule has 0 aliphatic rings. The standard InChI is InChI=1S/C7H10N2O2S.ClH/c1-4-3-5(11-2)6(12-4)7(10)9-8;/h3H,8H2,1-2H3,(H,9,10);1H. The van der Waals surface area contributed by atoms with Gasteiger partial charge in [-0.25, -0.2) is 5.84 Å². The van der Waals surface area contributed by atoms with Gasteiger partial charge in [0.05, 0.1) is 7.11 Å². The Morgan fingerprint density at radius 1 is 1.69 bits per heavy atom. The van der Waals surface area contributed by atoms with Crippen molar-refractivity contribution in [2.75, 3.05) is 7.11 Å². The number of nitrogens with two attached hydrogens (primary N) is 1. The second kappa shape index (κ2) is 5.06. The lowest BCUT2D eigenvalue weighted by atomic mass is 10.4. The molecule has 1 rings (SSSR count). The first kappa shape index (κ1) is 12.2. The van der Waals surface area contributed by atoms with E-state index in [0.29, 0.717) is 10.6 Å². The lowest BCUT2D eigenvalue weighted by molar-refractivity contribution is 0.0955. The number of methoxy groups -OCH3 is 1. The van der Waals surface area contributed by atoms with Crippen LogP contribution in [-0.2, 0) is 0 Å². The van der Waals surface area contributed by atoms with Crippen molar-refractivity contribution >= 4 is 29.7 Å². The Hall–Kier alpha value is -0.780. The fourth-order valence-electron chi connectivity index (χ4n) is 0.866. The molecule has 3 N–H and O–H groups in total. The molecule has 0 aliphatic carbocycles. The summed E-state index contributed by atoms with van der Waals surface area (Å²) in [5.41, 5.74) is 2.06. The van der Waals surface area contributed by atoms with E-state index < -0.39 is 0 Å². The summed E-state index contributed by atoms with van der Waals surface area (Å²) in [4.78, 5) is 12.6. The predicted octanol–water partition coefficient (Wildman–Crippen LogP) is 1.09. The third kappa shape index (κ3) is 2.58. The molecule has 0 unspecified atom stereocenters. The van der Waals surface area contributed by atoms with Crippen LogP contribution in [0.25, 0.3) is 0 Å². The summed E-state index contributed by atoms with van der Waals surface area (Å²) in [5, 5.41) is 0. The van der Waals surface area contributed by atoms with Gasteiger partial charge in [-0.3, -0.25) is 10.2 Å². The van der Waals surface area contributed by atoms with Gasteiger partial charge < -0.3 is 4.74 Å². The number of carbonyl (C=O) groups excluding carboxylic acids is 1. The summed E-state index contributed by atoms with van der Waals surface area (Å²) in [7, 11) is 1.52. The van der Waals surface area contributed by atoms with Crippen molar-refractivity contribution in [1.29, 1.82) is 0 Å². The van der Waals surface area contributed by atoms with Gasteiger partial charge >= 0.3 is 0 Å². The highest BCUT2D eigenvalue weighted by Gasteiger charge is 2.13. The normalized spacial score (nSPS) is 8.85. The highest BCUT2D eigenvalue weighted by Crippen LogP contribution is 2.27. The molecule has 0 aromatic carbocycles. The van der Waals surface area contributed by atoms with Gasteiger partial charge in [0.1, 0.15) is 10.6 Å². The molecule has 0 saturated carbocycles. The quantitative estimate of drug-likeness (QED) is 0.447. The zero-order valence-corrected chi connectivity index (χ0v) is 8.92. The first-order chi connectivity index (χ1) is 5.69. The number of halogens is 1. The van der Waals surface area contributed by atoms with E-state index in [9.17, 15) is 4.79 Å². The summed E-state index contributed by atoms with van der Waals surface area (Å²) >= 11 is 1.35. The van der Waals surface area contributed by atoms with Crippen LogP contribution in [0.5, 0.6) is 5.75 Å². The third-order valence-corrected chi connectivity index (χ3v) is 2.41. The number of aryl methyl sites for hydroxylation is 1. The van der Waals surface area contributed by atoms with Crippen LogP contribution in [-0.4, -0.2) is 13.0 Å². The van der Waals surface area contributed by atoms with Crippen molar-refractivity contribution in [3.63, 3.8) is 0 Å². The SMILES string of the molecule is COc1cc(C)sc1C(=O)NN.Cl. The minimum atomic E-state index is -0.315. The second-order valence-electron chi connectivity index (χ2n) is 2.23. The maximum Gasteiger partial charge on any atom is 0.279 e. The van der Waals surface area contributed by atoms with Crippen LogP contribution >= 0.6 is 23.7 Å². The van der Waals surface area contributed by atoms with E-state index in [0.717, 1.165) is 4.88 Å². The van der Waals surface area contributed by atoms with Crippen molar-refractivity contribution in [2.24, 2.45) is 5.84 Å². The first-order valence-corrected chi connectivity index (χ1v) is 4.16. The van der Waals surface area contributed by atoms with E-state index in [2.05, 4.69) is 5.43 Å². The van der Waals surface area contributed by atoms with Crippen molar-refractivity contribution in [2.45, 2.75) is 6.92 Å². The van der Waals surface area contributed by atoms with E-state index in [4.69, 9.17) is 10.6 Å². The number of ether oxygens (including phenoxy) is 1. The summed E-state index contributed by atoms with van der Waals surface area (Å²) in [6.07, 6.45) is 0. The Morgan fingerprint density at radius 2 is 2.31 bits per heavy atom. The fourth-order valence-corrected chi connectivity index (χ4v) is 1.75. The van der Waals surface area contributed by atoms with Gasteiger partial charge in [0.15, 0.2) is 0 Å². The van der Waals surface area contributed by atoms with Gasteiger partial charge in [-0.2, -0.15) is 0 Å². The summed E-state index contributed by atoms with van der Waals surface area (Å²) < 4.78 is 4.98. The summed E-state index contributed by atoms with van der Waals surface area (Å²) in [6.45, 7) is 1.90. The zero-order valence-electron chi connectivity index (χ0n) is 7.29. The molecule has 0 aliphatic heterocycles. The maximum absolute atomic E-state index is 11.1. The third-order valence-electron chi connectivity index (χ3n) is 1.38. The Balaban J connectivity index is 0.00000144. The lowest BCUT2D eigenvalue weighted by Crippen LogP contribution is -2.29. The Labute approximate surface area is 86.5 Å². The van der Waals surface area contributed by atoms with Crippen LogP contribution < -0.4 is 16.0 Å². The minimum Gasteiger partial charge on any atom is -0.495 e. The van der Waals surface area contributed by atoms with Crippen molar-refractivity contribution < 1.29 is 9.53 Å². The summed E-state index contributed by atoms with van der Waals surface area (Å²) in [6, 6.07) is 1.80. The number of amides is 1. The van der Waals surface area contributed by atoms with Crippen LogP contribution in [0.4, 0.5) is 0 Å². The van der Waals surface area contributed by atoms with Crippen molar-refractivity contribution in [3.8, 4) is 5.75 Å². The number of nitrogen functional groups attached to an aromatic ring is 1. The molecule has 13 heavy (non-hydrogen) atoms. The van der Waals surface area contributed by atoms with E-state index >= 15 is 0 Å². The molecule has 0 saturated heterocycles. The number of carbonyl (C=O) groups is 1. The Bertz CT molecular complexity index is 301. The lowest BCUT2D eigenvalue weighted by Gasteiger charge is -1.98. The molecule has 1 aromatic rings. The number of hydrazine groups is 1. The number of rotatable bonds is 2. The van der Waals surface area contributed by atoms with Gasteiger partial charge in [0.25, 0.3) is 5.91 Å². The Morgan fingerprint density at radius 3 is 2.77 bits per heavy atom. The second-order valence-corrected chi connectivity index (χ2v) is 3.48. The van der Waals surface area contributed by atoms with E-state index in [1.165, 1.54) is 18.4 Å². The monoisotopic (exact) mass is 222 g/mol. The van der Waals surface area contributed by atoms with Crippen LogP contribution in [0.2, 0.25) is 0 Å². The average molecular weight is 223 g/mol. The van der Waals surface area contributed by atoms with Crippen molar-refractivity contribution in [3.05, 3.63) is 15.8 Å². The largest absolute Gasteiger partial charge is 0.495 e. The molecule has 0 spiro atoms. The van der Waals surface area contributed by atoms with E-state index in [1.54, 1.807) is 6.07 Å². The molecule has 0 radical (unpaired) electrons. The fraction of sp³-hybridized carbons (Fsp3) is 0.286. The van der Waals surface area contributed by atoms with Crippen LogP contribution in [0, 0.1) is 6.92 Å². The maximum atomic E-state index is 11.1. The predicted molar refractivity (Wildman–Crippen MR) is 54.5 cm³/mol. The van der Waals surface area contributed by atoms with Gasteiger partial charge in [0.2, 0.25) is 0 Å². The summed E-state index contributed by atoms with van der Waals surface area (Å²) in [5.74, 6) is 5.24. The van der Waals surface area contributed by atoms with Crippen LogP contribution in [0.1, 0.15) is 14.5 Å². The topological polar surface area (TPSA) is 64.3 Å². The molecule has 0 fully saturated rings. The number of hydrogen-bond acceptors (Lipinski definition) is 4. The molecule has 0 bridgehead atoms. The molecular weight excluding hydrogens is 212 g/mol. The molecule has 6 heteroatoms. The number of nitrogens with one attached hydrogen (secondary N) is 1. The van der Waals surface area contributed by atoms with E-state index in [-0.39, 0.29) is 18.3 Å². The van der Waals surface area contributed by atoms with E-state index in [1.807, 2.05) is 6.92 Å². The number of hydrogen-bond donors (Lipinski definition) is 2. The molecule has 1 amide bonds. The molecule has 74 valence electrons. The highest BCUT2D eigenvalue weighted by atomic mass is 35.5. The highest BCUT2D eigenvalue weighted by molar-refractivity contribution is 7.14. The first-order valence-electron chi connectivity index (χ1n) is 3.34. The van der Waals surface area contributed by atoms with Crippen LogP contribution in [0.3, 0.4) is 0 Å². The smallest absolute Gasteiger partial charge is 0.279 e. The molecule has 0 atom stereocenters. The van der Waals surface area contributed by atoms with Gasteiger partial charge in [-0.05, 0) is 13.0 Å². The molecule has 1 aromatic heterocycles. The molecule has 1 heterocycles. The average Bonchev–Trinajstić information content (AvgIpc) is 2.45.